The first-order valence-electron chi connectivity index (χ1n) is 8.60. The predicted octanol–water partition coefficient (Wildman–Crippen LogP) is 4.06. The van der Waals surface area contributed by atoms with Gasteiger partial charge in [0, 0.05) is 18.4 Å². The van der Waals surface area contributed by atoms with Gasteiger partial charge in [0.2, 0.25) is 5.36 Å². The van der Waals surface area contributed by atoms with E-state index in [9.17, 15) is 0 Å². The highest BCUT2D eigenvalue weighted by Crippen LogP contribution is 2.24. The Morgan fingerprint density at radius 3 is 2.46 bits per heavy atom. The average molecular weight is 320 g/mol. The molecule has 1 aromatic heterocycles. The fourth-order valence-corrected chi connectivity index (χ4v) is 3.42. The maximum atomic E-state index is 6.20. The molecule has 0 bridgehead atoms. The second-order valence-electron chi connectivity index (χ2n) is 6.27. The lowest BCUT2D eigenvalue weighted by Crippen LogP contribution is -2.35. The third-order valence-corrected chi connectivity index (χ3v) is 4.71. The zero-order valence-electron chi connectivity index (χ0n) is 14.0. The highest BCUT2D eigenvalue weighted by atomic mass is 16.5. The molecule has 122 valence electrons. The van der Waals surface area contributed by atoms with E-state index in [0.29, 0.717) is 0 Å². The van der Waals surface area contributed by atoms with E-state index >= 15 is 0 Å². The molecule has 2 aromatic carbocycles. The Morgan fingerprint density at radius 2 is 1.71 bits per heavy atom. The Morgan fingerprint density at radius 1 is 0.917 bits per heavy atom. The largest absolute Gasteiger partial charge is 0.497 e. The van der Waals surface area contributed by atoms with Crippen molar-refractivity contribution in [2.75, 3.05) is 20.2 Å². The quantitative estimate of drug-likeness (QED) is 0.665. The number of piperidine rings is 1. The lowest BCUT2D eigenvalue weighted by molar-refractivity contribution is 0.415. The molecule has 1 saturated heterocycles. The van der Waals surface area contributed by atoms with Gasteiger partial charge in [0.1, 0.15) is 30.2 Å². The van der Waals surface area contributed by atoms with Crippen LogP contribution in [-0.2, 0) is 0 Å². The number of hydrogen-bond acceptors (Lipinski definition) is 2. The molecule has 2 heterocycles. The standard InChI is InChI=1S/C21H22NO2/c1-23-17-10-11-20-18(14-17)19(22-12-6-3-7-13-22)15-21(24-20)16-8-4-2-5-9-16/h2,4-5,8-11,14-15H,3,6-7,12-13H2,1H3/q+1. The second kappa shape index (κ2) is 6.52. The Hall–Kier alpha value is -2.55. The summed E-state index contributed by atoms with van der Waals surface area (Å²) in [6.45, 7) is 2.20. The van der Waals surface area contributed by atoms with Crippen LogP contribution in [0.25, 0.3) is 22.3 Å². The summed E-state index contributed by atoms with van der Waals surface area (Å²) < 4.78 is 14.1. The first kappa shape index (κ1) is 15.0. The third kappa shape index (κ3) is 2.82. The number of ether oxygens (including phenoxy) is 1. The smallest absolute Gasteiger partial charge is 0.214 e. The van der Waals surface area contributed by atoms with Crippen molar-refractivity contribution in [1.29, 1.82) is 0 Å². The van der Waals surface area contributed by atoms with Crippen LogP contribution in [0.15, 0.2) is 59.0 Å². The summed E-state index contributed by atoms with van der Waals surface area (Å²) in [6, 6.07) is 18.5. The molecular weight excluding hydrogens is 298 g/mol. The van der Waals surface area contributed by atoms with Crippen molar-refractivity contribution in [1.82, 2.24) is 4.58 Å². The van der Waals surface area contributed by atoms with Crippen molar-refractivity contribution in [2.45, 2.75) is 19.3 Å². The minimum atomic E-state index is 0.864. The Labute approximate surface area is 141 Å². The molecule has 0 unspecified atom stereocenters. The summed E-state index contributed by atoms with van der Waals surface area (Å²) >= 11 is 0. The molecule has 0 N–H and O–H groups in total. The normalized spacial score (nSPS) is 14.8. The van der Waals surface area contributed by atoms with Crippen LogP contribution in [0.1, 0.15) is 19.3 Å². The summed E-state index contributed by atoms with van der Waals surface area (Å²) in [5.41, 5.74) is 2.01. The number of fused-ring (bicyclic) bond motifs is 1. The van der Waals surface area contributed by atoms with Crippen LogP contribution >= 0.6 is 0 Å². The van der Waals surface area contributed by atoms with E-state index in [1.807, 2.05) is 30.3 Å². The Kier molecular flexibility index (Phi) is 4.08. The minimum absolute atomic E-state index is 0.864. The summed E-state index contributed by atoms with van der Waals surface area (Å²) in [5, 5.41) is 2.37. The lowest BCUT2D eigenvalue weighted by Gasteiger charge is -2.11. The van der Waals surface area contributed by atoms with Crippen LogP contribution in [0, 0.1) is 0 Å². The van der Waals surface area contributed by atoms with Crippen molar-refractivity contribution in [3.05, 3.63) is 60.0 Å². The second-order valence-corrected chi connectivity index (χ2v) is 6.27. The molecule has 24 heavy (non-hydrogen) atoms. The zero-order valence-corrected chi connectivity index (χ0v) is 14.0. The van der Waals surface area contributed by atoms with Gasteiger partial charge in [-0.1, -0.05) is 30.3 Å². The SMILES string of the molecule is COc1ccc2oc(-c3ccccc3)cc(=[N+]3CCCCC3)c2c1. The maximum absolute atomic E-state index is 6.20. The molecule has 1 fully saturated rings. The minimum Gasteiger partial charge on any atom is -0.497 e. The molecule has 0 aliphatic carbocycles. The topological polar surface area (TPSA) is 25.4 Å². The van der Waals surface area contributed by atoms with E-state index in [-0.39, 0.29) is 0 Å². The average Bonchev–Trinajstić information content (AvgIpc) is 2.68. The Bertz CT molecular complexity index is 917. The fraction of sp³-hybridized carbons (Fsp3) is 0.286. The van der Waals surface area contributed by atoms with Crippen LogP contribution in [-0.4, -0.2) is 20.2 Å². The molecule has 1 aliphatic heterocycles. The van der Waals surface area contributed by atoms with Crippen LogP contribution in [0.4, 0.5) is 0 Å². The van der Waals surface area contributed by atoms with Crippen LogP contribution in [0.5, 0.6) is 5.75 Å². The summed E-state index contributed by atoms with van der Waals surface area (Å²) in [7, 11) is 1.71. The third-order valence-electron chi connectivity index (χ3n) is 4.71. The van der Waals surface area contributed by atoms with Gasteiger partial charge in [0.05, 0.1) is 18.6 Å². The van der Waals surface area contributed by atoms with E-state index in [0.717, 1.165) is 41.1 Å². The van der Waals surface area contributed by atoms with E-state index in [2.05, 4.69) is 28.8 Å². The monoisotopic (exact) mass is 320 g/mol. The maximum Gasteiger partial charge on any atom is 0.214 e. The van der Waals surface area contributed by atoms with Crippen molar-refractivity contribution >= 4 is 11.0 Å². The van der Waals surface area contributed by atoms with Crippen molar-refractivity contribution in [3.8, 4) is 17.1 Å². The van der Waals surface area contributed by atoms with E-state index in [1.165, 1.54) is 24.6 Å². The van der Waals surface area contributed by atoms with Gasteiger partial charge in [-0.2, -0.15) is 0 Å². The fourth-order valence-electron chi connectivity index (χ4n) is 3.42. The van der Waals surface area contributed by atoms with E-state index in [4.69, 9.17) is 9.15 Å². The molecule has 0 radical (unpaired) electrons. The highest BCUT2D eigenvalue weighted by Gasteiger charge is 2.16. The Balaban J connectivity index is 2.02. The van der Waals surface area contributed by atoms with Gasteiger partial charge in [-0.3, -0.25) is 0 Å². The molecule has 3 heteroatoms. The molecule has 0 spiro atoms. The van der Waals surface area contributed by atoms with Gasteiger partial charge in [-0.05, 0) is 24.6 Å². The van der Waals surface area contributed by atoms with Gasteiger partial charge in [0.25, 0.3) is 0 Å². The van der Waals surface area contributed by atoms with Crippen molar-refractivity contribution in [2.24, 2.45) is 0 Å². The van der Waals surface area contributed by atoms with Gasteiger partial charge < -0.3 is 9.15 Å². The number of benzene rings is 2. The number of nitrogens with zero attached hydrogens (tertiary/aromatic N) is 1. The van der Waals surface area contributed by atoms with E-state index in [1.54, 1.807) is 7.11 Å². The molecule has 4 rings (SSSR count). The van der Waals surface area contributed by atoms with Crippen LogP contribution in [0.2, 0.25) is 0 Å². The molecule has 0 saturated carbocycles. The number of rotatable bonds is 2. The summed E-state index contributed by atoms with van der Waals surface area (Å²) in [5.74, 6) is 1.78. The molecule has 1 aliphatic rings. The lowest BCUT2D eigenvalue weighted by atomic mass is 10.1. The zero-order chi connectivity index (χ0) is 16.4. The van der Waals surface area contributed by atoms with Gasteiger partial charge in [0.15, 0.2) is 0 Å². The van der Waals surface area contributed by atoms with Gasteiger partial charge >= 0.3 is 0 Å². The van der Waals surface area contributed by atoms with Gasteiger partial charge in [-0.25, -0.2) is 4.58 Å². The molecule has 3 aromatic rings. The van der Waals surface area contributed by atoms with E-state index < -0.39 is 0 Å². The predicted molar refractivity (Wildman–Crippen MR) is 97.1 cm³/mol. The molecule has 3 nitrogen and oxygen atoms in total. The first-order valence-corrected chi connectivity index (χ1v) is 8.60. The van der Waals surface area contributed by atoms with Crippen molar-refractivity contribution < 1.29 is 9.15 Å². The van der Waals surface area contributed by atoms with Crippen LogP contribution in [0.3, 0.4) is 0 Å². The number of hydrogen-bond donors (Lipinski definition) is 0. The highest BCUT2D eigenvalue weighted by molar-refractivity contribution is 5.80. The van der Waals surface area contributed by atoms with Gasteiger partial charge in [-0.15, -0.1) is 0 Å². The molecular formula is C21H22NO2+. The van der Waals surface area contributed by atoms with Crippen molar-refractivity contribution in [3.63, 3.8) is 0 Å². The molecule has 0 atom stereocenters. The van der Waals surface area contributed by atoms with Crippen LogP contribution < -0.4 is 14.7 Å². The number of methoxy groups -OCH3 is 1. The first-order chi connectivity index (χ1) is 11.8. The summed E-state index contributed by atoms with van der Waals surface area (Å²) in [4.78, 5) is 0. The summed E-state index contributed by atoms with van der Waals surface area (Å²) in [6.07, 6.45) is 3.82. The molecule has 0 amide bonds.